The SMILES string of the molecule is Fc1cncc(-c2ncco2)c1C(F)c1ccc(OC(F)(F)F)cc1. The molecule has 0 aliphatic rings. The predicted octanol–water partition coefficient (Wildman–Crippen LogP) is 4.83. The Morgan fingerprint density at radius 2 is 1.80 bits per heavy atom. The maximum Gasteiger partial charge on any atom is 0.573 e. The Kier molecular flexibility index (Phi) is 4.39. The molecule has 0 bridgehead atoms. The summed E-state index contributed by atoms with van der Waals surface area (Å²) in [5.41, 5.74) is -0.428. The van der Waals surface area contributed by atoms with Gasteiger partial charge in [-0.25, -0.2) is 13.8 Å². The number of oxazole rings is 1. The van der Waals surface area contributed by atoms with Crippen molar-refractivity contribution in [1.29, 1.82) is 0 Å². The lowest BCUT2D eigenvalue weighted by molar-refractivity contribution is -0.274. The molecule has 2 heterocycles. The van der Waals surface area contributed by atoms with Gasteiger partial charge in [0.25, 0.3) is 0 Å². The molecule has 4 nitrogen and oxygen atoms in total. The Labute approximate surface area is 137 Å². The molecule has 1 unspecified atom stereocenters. The summed E-state index contributed by atoms with van der Waals surface area (Å²) in [7, 11) is 0. The van der Waals surface area contributed by atoms with E-state index >= 15 is 0 Å². The van der Waals surface area contributed by atoms with Crippen LogP contribution in [0.2, 0.25) is 0 Å². The zero-order valence-electron chi connectivity index (χ0n) is 12.3. The number of hydrogen-bond acceptors (Lipinski definition) is 4. The first-order valence-electron chi connectivity index (χ1n) is 6.88. The summed E-state index contributed by atoms with van der Waals surface area (Å²) in [5.74, 6) is -1.47. The molecule has 2 aromatic heterocycles. The van der Waals surface area contributed by atoms with Crippen molar-refractivity contribution >= 4 is 0 Å². The van der Waals surface area contributed by atoms with Crippen molar-refractivity contribution in [2.75, 3.05) is 0 Å². The van der Waals surface area contributed by atoms with Gasteiger partial charge in [0.1, 0.15) is 17.8 Å². The second-order valence-electron chi connectivity index (χ2n) is 4.90. The number of ether oxygens (including phenoxy) is 1. The number of aromatic nitrogens is 2. The summed E-state index contributed by atoms with van der Waals surface area (Å²) in [4.78, 5) is 7.48. The van der Waals surface area contributed by atoms with Crippen LogP contribution >= 0.6 is 0 Å². The second-order valence-corrected chi connectivity index (χ2v) is 4.90. The molecule has 0 fully saturated rings. The van der Waals surface area contributed by atoms with Crippen LogP contribution in [0, 0.1) is 5.82 Å². The van der Waals surface area contributed by atoms with Gasteiger partial charge in [-0.1, -0.05) is 12.1 Å². The van der Waals surface area contributed by atoms with Gasteiger partial charge in [-0.3, -0.25) is 4.98 Å². The fourth-order valence-corrected chi connectivity index (χ4v) is 2.23. The van der Waals surface area contributed by atoms with E-state index in [0.717, 1.165) is 30.5 Å². The van der Waals surface area contributed by atoms with Crippen LogP contribution in [0.3, 0.4) is 0 Å². The van der Waals surface area contributed by atoms with Gasteiger partial charge in [-0.15, -0.1) is 13.2 Å². The summed E-state index contributed by atoms with van der Waals surface area (Å²) in [5, 5.41) is 0. The van der Waals surface area contributed by atoms with E-state index in [9.17, 15) is 22.0 Å². The quantitative estimate of drug-likeness (QED) is 0.628. The lowest BCUT2D eigenvalue weighted by Gasteiger charge is -2.14. The molecule has 130 valence electrons. The summed E-state index contributed by atoms with van der Waals surface area (Å²) >= 11 is 0. The van der Waals surface area contributed by atoms with Crippen LogP contribution in [0.25, 0.3) is 11.5 Å². The van der Waals surface area contributed by atoms with Crippen molar-refractivity contribution in [2.24, 2.45) is 0 Å². The first-order chi connectivity index (χ1) is 11.8. The first kappa shape index (κ1) is 16.9. The fraction of sp³-hybridized carbons (Fsp3) is 0.125. The van der Waals surface area contributed by atoms with E-state index < -0.39 is 24.1 Å². The van der Waals surface area contributed by atoms with Crippen LogP contribution in [0.4, 0.5) is 22.0 Å². The number of rotatable bonds is 4. The highest BCUT2D eigenvalue weighted by atomic mass is 19.4. The summed E-state index contributed by atoms with van der Waals surface area (Å²) in [6.07, 6.45) is -2.26. The molecular weight excluding hydrogens is 347 g/mol. The minimum Gasteiger partial charge on any atom is -0.444 e. The van der Waals surface area contributed by atoms with Crippen molar-refractivity contribution in [3.05, 3.63) is 66.1 Å². The van der Waals surface area contributed by atoms with Gasteiger partial charge in [0.15, 0.2) is 6.17 Å². The molecule has 1 atom stereocenters. The third-order valence-corrected chi connectivity index (χ3v) is 3.26. The normalized spacial score (nSPS) is 12.8. The minimum absolute atomic E-state index is 0.00752. The fourth-order valence-electron chi connectivity index (χ4n) is 2.23. The molecule has 0 saturated carbocycles. The van der Waals surface area contributed by atoms with Crippen LogP contribution < -0.4 is 4.74 Å². The van der Waals surface area contributed by atoms with E-state index in [4.69, 9.17) is 4.42 Å². The number of halogens is 5. The zero-order chi connectivity index (χ0) is 18.0. The molecule has 25 heavy (non-hydrogen) atoms. The maximum atomic E-state index is 14.8. The smallest absolute Gasteiger partial charge is 0.444 e. The zero-order valence-corrected chi connectivity index (χ0v) is 12.3. The molecule has 0 amide bonds. The van der Waals surface area contributed by atoms with Gasteiger partial charge in [0.2, 0.25) is 5.89 Å². The molecule has 0 saturated heterocycles. The lowest BCUT2D eigenvalue weighted by atomic mass is 9.99. The Hall–Kier alpha value is -2.97. The van der Waals surface area contributed by atoms with Crippen molar-refractivity contribution in [3.8, 4) is 17.2 Å². The van der Waals surface area contributed by atoms with Crippen LogP contribution in [0.15, 0.2) is 53.5 Å². The average molecular weight is 356 g/mol. The molecule has 0 aliphatic carbocycles. The van der Waals surface area contributed by atoms with Gasteiger partial charge in [-0.2, -0.15) is 0 Å². The highest BCUT2D eigenvalue weighted by Gasteiger charge is 2.31. The summed E-state index contributed by atoms with van der Waals surface area (Å²) < 4.78 is 74.2. The van der Waals surface area contributed by atoms with Gasteiger partial charge in [-0.05, 0) is 17.7 Å². The monoisotopic (exact) mass is 356 g/mol. The Bertz CT molecular complexity index is 848. The van der Waals surface area contributed by atoms with Gasteiger partial charge >= 0.3 is 6.36 Å². The summed E-state index contributed by atoms with van der Waals surface area (Å²) in [6.45, 7) is 0. The third-order valence-electron chi connectivity index (χ3n) is 3.26. The molecular formula is C16H9F5N2O2. The summed E-state index contributed by atoms with van der Waals surface area (Å²) in [6, 6.07) is 4.04. The van der Waals surface area contributed by atoms with Gasteiger partial charge < -0.3 is 9.15 Å². The number of pyridine rings is 1. The van der Waals surface area contributed by atoms with Crippen molar-refractivity contribution < 1.29 is 31.1 Å². The van der Waals surface area contributed by atoms with Crippen molar-refractivity contribution in [3.63, 3.8) is 0 Å². The molecule has 1 aromatic carbocycles. The standard InChI is InChI=1S/C16H9F5N2O2/c17-12-8-22-7-11(15-23-5-6-24-15)13(12)14(18)9-1-3-10(4-2-9)25-16(19,20)21/h1-8,14H. The van der Waals surface area contributed by atoms with E-state index in [-0.39, 0.29) is 22.6 Å². The van der Waals surface area contributed by atoms with E-state index in [0.29, 0.717) is 0 Å². The lowest BCUT2D eigenvalue weighted by Crippen LogP contribution is -2.17. The predicted molar refractivity (Wildman–Crippen MR) is 75.8 cm³/mol. The molecule has 9 heteroatoms. The largest absolute Gasteiger partial charge is 0.573 e. The van der Waals surface area contributed by atoms with Crippen LogP contribution in [-0.2, 0) is 0 Å². The highest BCUT2D eigenvalue weighted by molar-refractivity contribution is 5.59. The molecule has 0 radical (unpaired) electrons. The van der Waals surface area contributed by atoms with Crippen LogP contribution in [0.5, 0.6) is 5.75 Å². The van der Waals surface area contributed by atoms with E-state index in [1.165, 1.54) is 18.7 Å². The van der Waals surface area contributed by atoms with E-state index in [1.54, 1.807) is 0 Å². The highest BCUT2D eigenvalue weighted by Crippen LogP contribution is 2.36. The molecule has 3 aromatic rings. The molecule has 0 aliphatic heterocycles. The number of hydrogen-bond donors (Lipinski definition) is 0. The Morgan fingerprint density at radius 1 is 1.08 bits per heavy atom. The third kappa shape index (κ3) is 3.76. The number of alkyl halides is 4. The van der Waals surface area contributed by atoms with Gasteiger partial charge in [0.05, 0.1) is 18.0 Å². The average Bonchev–Trinajstić information content (AvgIpc) is 3.07. The Balaban J connectivity index is 1.95. The van der Waals surface area contributed by atoms with Crippen molar-refractivity contribution in [2.45, 2.75) is 12.5 Å². The first-order valence-corrected chi connectivity index (χ1v) is 6.88. The van der Waals surface area contributed by atoms with E-state index in [2.05, 4.69) is 14.7 Å². The van der Waals surface area contributed by atoms with Gasteiger partial charge in [0, 0.05) is 11.8 Å². The molecule has 0 spiro atoms. The van der Waals surface area contributed by atoms with Crippen LogP contribution in [0.1, 0.15) is 17.3 Å². The minimum atomic E-state index is -4.86. The van der Waals surface area contributed by atoms with Crippen LogP contribution in [-0.4, -0.2) is 16.3 Å². The number of benzene rings is 1. The Morgan fingerprint density at radius 3 is 2.40 bits per heavy atom. The molecule has 3 rings (SSSR count). The van der Waals surface area contributed by atoms with Crippen molar-refractivity contribution in [1.82, 2.24) is 9.97 Å². The number of nitrogens with zero attached hydrogens (tertiary/aromatic N) is 2. The maximum absolute atomic E-state index is 14.8. The van der Waals surface area contributed by atoms with E-state index in [1.807, 2.05) is 0 Å². The second kappa shape index (κ2) is 6.50. The topological polar surface area (TPSA) is 48.2 Å². The molecule has 0 N–H and O–H groups in total.